The Bertz CT molecular complexity index is 1310. The quantitative estimate of drug-likeness (QED) is 0.411. The van der Waals surface area contributed by atoms with Crippen LogP contribution in [0.3, 0.4) is 0 Å². The van der Waals surface area contributed by atoms with E-state index in [4.69, 9.17) is 9.15 Å². The summed E-state index contributed by atoms with van der Waals surface area (Å²) >= 11 is 1.25. The number of carbonyl (C=O) groups excluding carboxylic acids is 1. The van der Waals surface area contributed by atoms with Crippen molar-refractivity contribution in [1.82, 2.24) is 4.98 Å². The van der Waals surface area contributed by atoms with Crippen molar-refractivity contribution >= 4 is 43.2 Å². The number of amides is 1. The van der Waals surface area contributed by atoms with E-state index in [1.165, 1.54) is 23.5 Å². The van der Waals surface area contributed by atoms with Crippen molar-refractivity contribution in [2.45, 2.75) is 18.2 Å². The van der Waals surface area contributed by atoms with Gasteiger partial charge in [-0.3, -0.25) is 4.79 Å². The Morgan fingerprint density at radius 3 is 2.74 bits per heavy atom. The summed E-state index contributed by atoms with van der Waals surface area (Å²) in [7, 11) is -3.51. The van der Waals surface area contributed by atoms with E-state index in [9.17, 15) is 13.2 Å². The molecule has 2 heterocycles. The van der Waals surface area contributed by atoms with Gasteiger partial charge in [0.25, 0.3) is 0 Å². The number of sulfone groups is 1. The van der Waals surface area contributed by atoms with E-state index >= 15 is 0 Å². The number of fused-ring (bicyclic) bond motifs is 1. The Labute approximate surface area is 183 Å². The molecule has 1 amide bonds. The van der Waals surface area contributed by atoms with Gasteiger partial charge in [0.2, 0.25) is 5.91 Å². The number of hydrogen-bond acceptors (Lipinski definition) is 7. The molecule has 2 aromatic heterocycles. The molecule has 4 aromatic rings. The van der Waals surface area contributed by atoms with E-state index in [1.54, 1.807) is 23.6 Å². The molecule has 0 saturated carbocycles. The molecular weight excluding hydrogens is 436 g/mol. The molecule has 0 aliphatic heterocycles. The van der Waals surface area contributed by atoms with Crippen LogP contribution < -0.4 is 10.1 Å². The molecule has 0 aliphatic carbocycles. The molecule has 0 atom stereocenters. The number of benzene rings is 2. The lowest BCUT2D eigenvalue weighted by Gasteiger charge is -2.04. The summed E-state index contributed by atoms with van der Waals surface area (Å²) < 4.78 is 36.0. The first-order valence-corrected chi connectivity index (χ1v) is 12.2. The maximum atomic E-state index is 12.3. The number of ether oxygens (including phenoxy) is 1. The lowest BCUT2D eigenvalue weighted by molar-refractivity contribution is -0.115. The van der Waals surface area contributed by atoms with Crippen LogP contribution in [0.1, 0.15) is 13.3 Å². The molecule has 1 N–H and O–H groups in total. The number of rotatable bonds is 8. The molecule has 2 aromatic carbocycles. The second-order valence-corrected chi connectivity index (χ2v) is 9.68. The highest BCUT2D eigenvalue weighted by Gasteiger charge is 2.17. The highest BCUT2D eigenvalue weighted by Crippen LogP contribution is 2.32. The molecule has 9 heteroatoms. The van der Waals surface area contributed by atoms with Crippen LogP contribution in [0.15, 0.2) is 69.3 Å². The van der Waals surface area contributed by atoms with Gasteiger partial charge in [-0.15, -0.1) is 11.3 Å². The van der Waals surface area contributed by atoms with E-state index in [0.29, 0.717) is 28.8 Å². The number of carbonyl (C=O) groups is 1. The third-order valence-corrected chi connectivity index (χ3v) is 6.99. The maximum Gasteiger partial charge on any atom is 0.227 e. The van der Waals surface area contributed by atoms with Crippen molar-refractivity contribution in [3.05, 3.63) is 60.0 Å². The molecule has 31 heavy (non-hydrogen) atoms. The van der Waals surface area contributed by atoms with Crippen LogP contribution in [0.25, 0.3) is 22.4 Å². The van der Waals surface area contributed by atoms with E-state index < -0.39 is 15.7 Å². The normalized spacial score (nSPS) is 11.5. The Morgan fingerprint density at radius 1 is 1.16 bits per heavy atom. The molecule has 4 rings (SSSR count). The topological polar surface area (TPSA) is 98.5 Å². The van der Waals surface area contributed by atoms with Crippen LogP contribution in [0.5, 0.6) is 5.75 Å². The fourth-order valence-corrected chi connectivity index (χ4v) is 4.98. The van der Waals surface area contributed by atoms with Crippen LogP contribution in [0, 0.1) is 0 Å². The Balaban J connectivity index is 1.41. The van der Waals surface area contributed by atoms with Gasteiger partial charge in [-0.25, -0.2) is 13.4 Å². The lowest BCUT2D eigenvalue weighted by atomic mass is 10.2. The zero-order valence-electron chi connectivity index (χ0n) is 16.7. The van der Waals surface area contributed by atoms with Gasteiger partial charge >= 0.3 is 0 Å². The van der Waals surface area contributed by atoms with Crippen LogP contribution >= 0.6 is 11.3 Å². The fourth-order valence-electron chi connectivity index (χ4n) is 3.00. The van der Waals surface area contributed by atoms with Gasteiger partial charge in [-0.2, -0.15) is 0 Å². The van der Waals surface area contributed by atoms with Gasteiger partial charge in [0.05, 0.1) is 17.3 Å². The summed E-state index contributed by atoms with van der Waals surface area (Å²) in [6, 6.07) is 15.5. The smallest absolute Gasteiger partial charge is 0.227 e. The average molecular weight is 457 g/mol. The Hall–Kier alpha value is -3.17. The largest absolute Gasteiger partial charge is 0.494 e. The summed E-state index contributed by atoms with van der Waals surface area (Å²) in [4.78, 5) is 16.8. The molecule has 0 bridgehead atoms. The maximum absolute atomic E-state index is 12.3. The predicted octanol–water partition coefficient (Wildman–Crippen LogP) is 4.76. The lowest BCUT2D eigenvalue weighted by Crippen LogP contribution is -2.17. The summed E-state index contributed by atoms with van der Waals surface area (Å²) in [5.41, 5.74) is 1.30. The molecule has 7 nitrogen and oxygen atoms in total. The average Bonchev–Trinajstić information content (AvgIpc) is 3.40. The second kappa shape index (κ2) is 8.91. The van der Waals surface area contributed by atoms with E-state index in [1.807, 2.05) is 31.2 Å². The predicted molar refractivity (Wildman–Crippen MR) is 120 cm³/mol. The standard InChI is InChI=1S/C22H20N2O5S2/c1-2-28-16-8-9-19-15(12-16)13-20(29-19)18-14-30-22(23-18)24-21(25)10-11-31(26,27)17-6-4-3-5-7-17/h3-9,12-14H,2,10-11H2,1H3,(H,23,24,25). The number of nitrogens with zero attached hydrogens (tertiary/aromatic N) is 1. The first-order chi connectivity index (χ1) is 14.9. The highest BCUT2D eigenvalue weighted by atomic mass is 32.2. The van der Waals surface area contributed by atoms with Crippen LogP contribution in [-0.2, 0) is 14.6 Å². The first kappa shape index (κ1) is 21.1. The van der Waals surface area contributed by atoms with Crippen LogP contribution in [0.2, 0.25) is 0 Å². The SMILES string of the molecule is CCOc1ccc2oc(-c3csc(NC(=O)CCS(=O)(=O)c4ccccc4)n3)cc2c1. The second-order valence-electron chi connectivity index (χ2n) is 6.71. The molecular formula is C22H20N2O5S2. The zero-order valence-corrected chi connectivity index (χ0v) is 18.3. The summed E-state index contributed by atoms with van der Waals surface area (Å²) in [5, 5.41) is 5.71. The van der Waals surface area contributed by atoms with Crippen LogP contribution in [0.4, 0.5) is 5.13 Å². The fraction of sp³-hybridized carbons (Fsp3) is 0.182. The monoisotopic (exact) mass is 456 g/mol. The van der Waals surface area contributed by atoms with Crippen molar-refractivity contribution < 1.29 is 22.4 Å². The molecule has 0 saturated heterocycles. The summed E-state index contributed by atoms with van der Waals surface area (Å²) in [6.45, 7) is 2.51. The molecule has 0 aliphatic rings. The minimum absolute atomic E-state index is 0.156. The van der Waals surface area contributed by atoms with Crippen molar-refractivity contribution in [2.75, 3.05) is 17.7 Å². The number of nitrogens with one attached hydrogen (secondary N) is 1. The van der Waals surface area contributed by atoms with Gasteiger partial charge in [-0.05, 0) is 43.3 Å². The zero-order chi connectivity index (χ0) is 21.8. The number of aromatic nitrogens is 1. The molecule has 0 unspecified atom stereocenters. The Kier molecular flexibility index (Phi) is 6.06. The summed E-state index contributed by atoms with van der Waals surface area (Å²) in [6.07, 6.45) is -0.156. The third kappa shape index (κ3) is 4.95. The van der Waals surface area contributed by atoms with Crippen molar-refractivity contribution in [3.8, 4) is 17.2 Å². The van der Waals surface area contributed by atoms with Gasteiger partial charge in [-0.1, -0.05) is 18.2 Å². The van der Waals surface area contributed by atoms with Crippen LogP contribution in [-0.4, -0.2) is 31.7 Å². The molecule has 160 valence electrons. The van der Waals surface area contributed by atoms with Gasteiger partial charge < -0.3 is 14.5 Å². The number of hydrogen-bond donors (Lipinski definition) is 1. The minimum atomic E-state index is -3.51. The molecule has 0 fully saturated rings. The van der Waals surface area contributed by atoms with Crippen molar-refractivity contribution in [2.24, 2.45) is 0 Å². The number of thiazole rings is 1. The highest BCUT2D eigenvalue weighted by molar-refractivity contribution is 7.91. The summed E-state index contributed by atoms with van der Waals surface area (Å²) in [5.74, 6) is 0.657. The number of anilines is 1. The van der Waals surface area contributed by atoms with Crippen molar-refractivity contribution in [1.29, 1.82) is 0 Å². The Morgan fingerprint density at radius 2 is 1.97 bits per heavy atom. The third-order valence-electron chi connectivity index (χ3n) is 4.50. The molecule has 0 spiro atoms. The molecule has 0 radical (unpaired) electrons. The van der Waals surface area contributed by atoms with Gasteiger partial charge in [0.1, 0.15) is 17.0 Å². The number of furan rings is 1. The van der Waals surface area contributed by atoms with Gasteiger partial charge in [0.15, 0.2) is 20.7 Å². The van der Waals surface area contributed by atoms with E-state index in [-0.39, 0.29) is 17.1 Å². The van der Waals surface area contributed by atoms with E-state index in [2.05, 4.69) is 10.3 Å². The van der Waals surface area contributed by atoms with Gasteiger partial charge in [0, 0.05) is 17.2 Å². The van der Waals surface area contributed by atoms with E-state index in [0.717, 1.165) is 11.1 Å². The van der Waals surface area contributed by atoms with Crippen molar-refractivity contribution in [3.63, 3.8) is 0 Å². The minimum Gasteiger partial charge on any atom is -0.494 e. The first-order valence-electron chi connectivity index (χ1n) is 9.64.